The topological polar surface area (TPSA) is 23.5 Å². The normalized spacial score (nSPS) is 20.1. The predicted molar refractivity (Wildman–Crippen MR) is 71.2 cm³/mol. The summed E-state index contributed by atoms with van der Waals surface area (Å²) in [7, 11) is 0. The van der Waals surface area contributed by atoms with Crippen LogP contribution in [-0.2, 0) is 12.7 Å². The van der Waals surface area contributed by atoms with Crippen molar-refractivity contribution in [3.63, 3.8) is 0 Å². The third kappa shape index (κ3) is 4.17. The fraction of sp³-hybridized carbons (Fsp3) is 0.600. The average Bonchev–Trinajstić information content (AvgIpc) is 2.84. The number of benzene rings is 1. The maximum absolute atomic E-state index is 13.1. The zero-order chi connectivity index (χ0) is 15.5. The lowest BCUT2D eigenvalue weighted by Gasteiger charge is -2.25. The van der Waals surface area contributed by atoms with E-state index in [0.29, 0.717) is 12.5 Å². The van der Waals surface area contributed by atoms with Crippen LogP contribution in [0.5, 0.6) is 0 Å². The third-order valence-corrected chi connectivity index (χ3v) is 3.95. The molecular weight excluding hydrogens is 286 g/mol. The highest BCUT2D eigenvalue weighted by atomic mass is 19.4. The van der Waals surface area contributed by atoms with Gasteiger partial charge in [-0.1, -0.05) is 6.07 Å². The molecule has 2 nitrogen and oxygen atoms in total. The molecule has 21 heavy (non-hydrogen) atoms. The van der Waals surface area contributed by atoms with Crippen LogP contribution in [0.2, 0.25) is 0 Å². The van der Waals surface area contributed by atoms with Gasteiger partial charge in [-0.2, -0.15) is 13.2 Å². The molecule has 0 aliphatic carbocycles. The van der Waals surface area contributed by atoms with E-state index < -0.39 is 17.6 Å². The fourth-order valence-electron chi connectivity index (χ4n) is 2.93. The molecule has 1 aliphatic rings. The summed E-state index contributed by atoms with van der Waals surface area (Å²) in [4.78, 5) is 2.00. The van der Waals surface area contributed by atoms with Crippen molar-refractivity contribution in [1.82, 2.24) is 4.90 Å². The Bertz CT molecular complexity index is 475. The van der Waals surface area contributed by atoms with Gasteiger partial charge in [0, 0.05) is 19.2 Å². The number of alkyl halides is 3. The number of nitrogens with zero attached hydrogens (tertiary/aromatic N) is 1. The van der Waals surface area contributed by atoms with Crippen LogP contribution in [-0.4, -0.2) is 29.2 Å². The van der Waals surface area contributed by atoms with Crippen molar-refractivity contribution in [2.24, 2.45) is 0 Å². The minimum atomic E-state index is -4.54. The van der Waals surface area contributed by atoms with Gasteiger partial charge in [0.1, 0.15) is 5.82 Å². The Morgan fingerprint density at radius 1 is 1.29 bits per heavy atom. The summed E-state index contributed by atoms with van der Waals surface area (Å²) in [6.45, 7) is 1.00. The van der Waals surface area contributed by atoms with E-state index >= 15 is 0 Å². The highest BCUT2D eigenvalue weighted by molar-refractivity contribution is 5.30. The van der Waals surface area contributed by atoms with E-state index in [9.17, 15) is 17.6 Å². The lowest BCUT2D eigenvalue weighted by Crippen LogP contribution is -2.30. The van der Waals surface area contributed by atoms with Crippen molar-refractivity contribution in [3.05, 3.63) is 35.1 Å². The molecule has 1 heterocycles. The third-order valence-electron chi connectivity index (χ3n) is 3.95. The molecule has 0 aromatic heterocycles. The molecule has 1 fully saturated rings. The Kier molecular flexibility index (Phi) is 5.22. The Labute approximate surface area is 121 Å². The predicted octanol–water partition coefficient (Wildman–Crippen LogP) is 3.58. The Balaban J connectivity index is 2.15. The number of rotatable bonds is 5. The van der Waals surface area contributed by atoms with Crippen LogP contribution < -0.4 is 0 Å². The zero-order valence-electron chi connectivity index (χ0n) is 11.7. The molecule has 0 spiro atoms. The monoisotopic (exact) mass is 305 g/mol. The van der Waals surface area contributed by atoms with Crippen LogP contribution in [0.4, 0.5) is 17.6 Å². The summed E-state index contributed by atoms with van der Waals surface area (Å²) >= 11 is 0. The van der Waals surface area contributed by atoms with Gasteiger partial charge in [-0.25, -0.2) is 4.39 Å². The molecule has 1 unspecified atom stereocenters. The molecule has 1 N–H and O–H groups in total. The average molecular weight is 305 g/mol. The van der Waals surface area contributed by atoms with Crippen LogP contribution >= 0.6 is 0 Å². The molecule has 1 saturated heterocycles. The smallest absolute Gasteiger partial charge is 0.396 e. The minimum Gasteiger partial charge on any atom is -0.396 e. The second-order valence-corrected chi connectivity index (χ2v) is 5.43. The van der Waals surface area contributed by atoms with Gasteiger partial charge in [0.2, 0.25) is 0 Å². The first kappa shape index (κ1) is 16.2. The maximum atomic E-state index is 13.1. The van der Waals surface area contributed by atoms with Gasteiger partial charge in [-0.05, 0) is 49.9 Å². The van der Waals surface area contributed by atoms with Crippen LogP contribution in [0, 0.1) is 5.82 Å². The van der Waals surface area contributed by atoms with Crippen molar-refractivity contribution in [2.45, 2.75) is 44.4 Å². The SMILES string of the molecule is OCCCC1CCCN1Cc1ccc(F)cc1C(F)(F)F. The van der Waals surface area contributed by atoms with Crippen LogP contribution in [0.3, 0.4) is 0 Å². The molecule has 2 rings (SSSR count). The molecule has 0 saturated carbocycles. The Morgan fingerprint density at radius 3 is 2.71 bits per heavy atom. The standard InChI is InChI=1S/C15H19F4NO/c16-12-6-5-11(14(9-12)15(17,18)19)10-20-7-1-3-13(20)4-2-8-21/h5-6,9,13,21H,1-4,7-8,10H2. The number of halogens is 4. The van der Waals surface area contributed by atoms with E-state index in [0.717, 1.165) is 31.9 Å². The Hall–Kier alpha value is -1.14. The first-order valence-corrected chi connectivity index (χ1v) is 7.12. The summed E-state index contributed by atoms with van der Waals surface area (Å²) in [6.07, 6.45) is -1.24. The molecule has 0 amide bonds. The Morgan fingerprint density at radius 2 is 2.05 bits per heavy atom. The van der Waals surface area contributed by atoms with Crippen LogP contribution in [0.1, 0.15) is 36.8 Å². The molecule has 0 radical (unpaired) electrons. The zero-order valence-corrected chi connectivity index (χ0v) is 11.7. The largest absolute Gasteiger partial charge is 0.416 e. The van der Waals surface area contributed by atoms with Crippen LogP contribution in [0.15, 0.2) is 18.2 Å². The van der Waals surface area contributed by atoms with Gasteiger partial charge in [0.05, 0.1) is 5.56 Å². The van der Waals surface area contributed by atoms with E-state index in [-0.39, 0.29) is 24.8 Å². The van der Waals surface area contributed by atoms with Crippen molar-refractivity contribution >= 4 is 0 Å². The van der Waals surface area contributed by atoms with Gasteiger partial charge in [0.15, 0.2) is 0 Å². The van der Waals surface area contributed by atoms with E-state index in [1.165, 1.54) is 6.07 Å². The summed E-state index contributed by atoms with van der Waals surface area (Å²) in [6, 6.07) is 3.06. The van der Waals surface area contributed by atoms with Gasteiger partial charge < -0.3 is 5.11 Å². The highest BCUT2D eigenvalue weighted by Gasteiger charge is 2.35. The molecule has 1 aromatic carbocycles. The van der Waals surface area contributed by atoms with Crippen molar-refractivity contribution in [2.75, 3.05) is 13.2 Å². The van der Waals surface area contributed by atoms with Crippen molar-refractivity contribution < 1.29 is 22.7 Å². The first-order valence-electron chi connectivity index (χ1n) is 7.12. The maximum Gasteiger partial charge on any atom is 0.416 e. The summed E-state index contributed by atoms with van der Waals surface area (Å²) in [5.74, 6) is -0.871. The van der Waals surface area contributed by atoms with E-state index in [2.05, 4.69) is 0 Å². The van der Waals surface area contributed by atoms with Gasteiger partial charge in [0.25, 0.3) is 0 Å². The van der Waals surface area contributed by atoms with Crippen LogP contribution in [0.25, 0.3) is 0 Å². The summed E-state index contributed by atoms with van der Waals surface area (Å²) < 4.78 is 52.0. The molecule has 1 aromatic rings. The fourth-order valence-corrected chi connectivity index (χ4v) is 2.93. The number of likely N-dealkylation sites (tertiary alicyclic amines) is 1. The second-order valence-electron chi connectivity index (χ2n) is 5.43. The van der Waals surface area contributed by atoms with Crippen molar-refractivity contribution in [3.8, 4) is 0 Å². The van der Waals surface area contributed by atoms with E-state index in [1.54, 1.807) is 0 Å². The van der Waals surface area contributed by atoms with Gasteiger partial charge in [-0.3, -0.25) is 4.90 Å². The quantitative estimate of drug-likeness (QED) is 0.841. The number of hydrogen-bond acceptors (Lipinski definition) is 2. The number of aliphatic hydroxyl groups is 1. The lowest BCUT2D eigenvalue weighted by atomic mass is 10.0. The summed E-state index contributed by atoms with van der Waals surface area (Å²) in [5.41, 5.74) is -0.782. The van der Waals surface area contributed by atoms with Crippen molar-refractivity contribution in [1.29, 1.82) is 0 Å². The first-order chi connectivity index (χ1) is 9.91. The molecule has 1 aliphatic heterocycles. The number of aliphatic hydroxyl groups excluding tert-OH is 1. The second kappa shape index (κ2) is 6.75. The van der Waals surface area contributed by atoms with E-state index in [1.807, 2.05) is 4.90 Å². The highest BCUT2D eigenvalue weighted by Crippen LogP contribution is 2.34. The van der Waals surface area contributed by atoms with E-state index in [4.69, 9.17) is 5.11 Å². The molecule has 1 atom stereocenters. The summed E-state index contributed by atoms with van der Waals surface area (Å²) in [5, 5.41) is 8.87. The van der Waals surface area contributed by atoms with Gasteiger partial charge >= 0.3 is 6.18 Å². The lowest BCUT2D eigenvalue weighted by molar-refractivity contribution is -0.138. The number of hydrogen-bond donors (Lipinski definition) is 1. The van der Waals surface area contributed by atoms with Gasteiger partial charge in [-0.15, -0.1) is 0 Å². The minimum absolute atomic E-state index is 0.0920. The molecule has 6 heteroatoms. The molecule has 0 bridgehead atoms. The molecule has 118 valence electrons. The molecular formula is C15H19F4NO.